The fraction of sp³-hybridized carbons (Fsp3) is 0.571. The molecule has 0 aliphatic carbocycles. The Balaban J connectivity index is 2.80. The van der Waals surface area contributed by atoms with Crippen molar-refractivity contribution in [2.75, 3.05) is 25.6 Å². The number of hydrogen-bond donors (Lipinski definition) is 2. The van der Waals surface area contributed by atoms with Gasteiger partial charge in [0.15, 0.2) is 0 Å². The van der Waals surface area contributed by atoms with Crippen molar-refractivity contribution in [1.29, 1.82) is 0 Å². The van der Waals surface area contributed by atoms with E-state index in [1.54, 1.807) is 19.2 Å². The summed E-state index contributed by atoms with van der Waals surface area (Å²) in [6, 6.07) is 3.59. The fourth-order valence-corrected chi connectivity index (χ4v) is 1.80. The molecule has 0 bridgehead atoms. The summed E-state index contributed by atoms with van der Waals surface area (Å²) in [4.78, 5) is 16.5. The molecular formula is C14H23N3O2. The minimum Gasteiger partial charge on any atom is -0.383 e. The molecule has 1 aromatic rings. The van der Waals surface area contributed by atoms with E-state index in [0.717, 1.165) is 24.5 Å². The van der Waals surface area contributed by atoms with Crippen LogP contribution in [-0.2, 0) is 4.74 Å². The summed E-state index contributed by atoms with van der Waals surface area (Å²) in [5.41, 5.74) is 1.45. The van der Waals surface area contributed by atoms with Crippen molar-refractivity contribution in [2.45, 2.75) is 33.2 Å². The van der Waals surface area contributed by atoms with Gasteiger partial charge in [0.1, 0.15) is 5.82 Å². The first-order valence-corrected chi connectivity index (χ1v) is 6.63. The fourth-order valence-electron chi connectivity index (χ4n) is 1.80. The summed E-state index contributed by atoms with van der Waals surface area (Å²) in [7, 11) is 1.63. The van der Waals surface area contributed by atoms with Gasteiger partial charge >= 0.3 is 0 Å². The molecule has 0 saturated heterocycles. The molecule has 5 nitrogen and oxygen atoms in total. The van der Waals surface area contributed by atoms with Gasteiger partial charge in [0.2, 0.25) is 0 Å². The minimum atomic E-state index is -0.0893. The minimum absolute atomic E-state index is 0.0357. The number of aromatic nitrogens is 1. The summed E-state index contributed by atoms with van der Waals surface area (Å²) < 4.78 is 5.08. The second-order valence-corrected chi connectivity index (χ2v) is 4.45. The van der Waals surface area contributed by atoms with Crippen LogP contribution in [0.4, 0.5) is 5.82 Å². The number of amides is 1. The van der Waals surface area contributed by atoms with Crippen LogP contribution in [0.25, 0.3) is 0 Å². The first-order valence-electron chi connectivity index (χ1n) is 6.63. The van der Waals surface area contributed by atoms with Crippen LogP contribution in [-0.4, -0.2) is 37.2 Å². The van der Waals surface area contributed by atoms with Crippen LogP contribution in [0.1, 0.15) is 36.3 Å². The summed E-state index contributed by atoms with van der Waals surface area (Å²) in [6.07, 6.45) is 0.837. The number of anilines is 1. The highest BCUT2D eigenvalue weighted by molar-refractivity contribution is 5.95. The van der Waals surface area contributed by atoms with Crippen LogP contribution in [0, 0.1) is 6.92 Å². The van der Waals surface area contributed by atoms with Gasteiger partial charge in [0.05, 0.1) is 12.6 Å². The largest absolute Gasteiger partial charge is 0.383 e. The molecule has 5 heteroatoms. The normalized spacial score (nSPS) is 12.0. The third-order valence-electron chi connectivity index (χ3n) is 2.77. The number of pyridine rings is 1. The first-order chi connectivity index (χ1) is 9.10. The molecular weight excluding hydrogens is 242 g/mol. The number of hydrogen-bond acceptors (Lipinski definition) is 4. The Hall–Kier alpha value is -1.62. The summed E-state index contributed by atoms with van der Waals surface area (Å²) in [5.74, 6) is 0.640. The lowest BCUT2D eigenvalue weighted by Gasteiger charge is -2.16. The Kier molecular flexibility index (Phi) is 6.29. The number of carbonyl (C=O) groups excluding carboxylic acids is 1. The highest BCUT2D eigenvalue weighted by Crippen LogP contribution is 2.10. The number of aryl methyl sites for hydroxylation is 1. The number of methoxy groups -OCH3 is 1. The molecule has 1 unspecified atom stereocenters. The number of nitrogens with zero attached hydrogens (tertiary/aromatic N) is 1. The van der Waals surface area contributed by atoms with Gasteiger partial charge in [-0.05, 0) is 32.4 Å². The molecule has 1 aromatic heterocycles. The Morgan fingerprint density at radius 3 is 2.74 bits per heavy atom. The number of nitrogens with one attached hydrogen (secondary N) is 2. The lowest BCUT2D eigenvalue weighted by atomic mass is 10.1. The zero-order valence-electron chi connectivity index (χ0n) is 12.1. The predicted molar refractivity (Wildman–Crippen MR) is 76.6 cm³/mol. The van der Waals surface area contributed by atoms with Gasteiger partial charge in [-0.1, -0.05) is 6.92 Å². The van der Waals surface area contributed by atoms with E-state index >= 15 is 0 Å². The highest BCUT2D eigenvalue weighted by Gasteiger charge is 2.13. The average Bonchev–Trinajstić information content (AvgIpc) is 2.37. The van der Waals surface area contributed by atoms with Gasteiger partial charge in [-0.15, -0.1) is 0 Å². The molecule has 19 heavy (non-hydrogen) atoms. The molecule has 1 rings (SSSR count). The van der Waals surface area contributed by atoms with Crippen molar-refractivity contribution in [3.63, 3.8) is 0 Å². The summed E-state index contributed by atoms with van der Waals surface area (Å²) >= 11 is 0. The third-order valence-corrected chi connectivity index (χ3v) is 2.77. The van der Waals surface area contributed by atoms with Crippen LogP contribution in [0.3, 0.4) is 0 Å². The molecule has 1 heterocycles. The van der Waals surface area contributed by atoms with Crippen LogP contribution >= 0.6 is 0 Å². The van der Waals surface area contributed by atoms with Crippen molar-refractivity contribution < 1.29 is 9.53 Å². The van der Waals surface area contributed by atoms with Crippen molar-refractivity contribution in [3.8, 4) is 0 Å². The van der Waals surface area contributed by atoms with Crippen LogP contribution in [0.5, 0.6) is 0 Å². The van der Waals surface area contributed by atoms with E-state index in [4.69, 9.17) is 4.74 Å². The molecule has 0 aliphatic rings. The topological polar surface area (TPSA) is 63.2 Å². The maximum Gasteiger partial charge on any atom is 0.251 e. The summed E-state index contributed by atoms with van der Waals surface area (Å²) in [6.45, 7) is 7.19. The summed E-state index contributed by atoms with van der Waals surface area (Å²) in [5, 5.41) is 6.08. The lowest BCUT2D eigenvalue weighted by molar-refractivity contribution is 0.0894. The highest BCUT2D eigenvalue weighted by atomic mass is 16.5. The second kappa shape index (κ2) is 7.74. The van der Waals surface area contributed by atoms with E-state index in [2.05, 4.69) is 15.6 Å². The Morgan fingerprint density at radius 1 is 1.42 bits per heavy atom. The molecule has 0 radical (unpaired) electrons. The maximum atomic E-state index is 12.2. The third kappa shape index (κ3) is 4.87. The lowest BCUT2D eigenvalue weighted by Crippen LogP contribution is -2.37. The zero-order chi connectivity index (χ0) is 14.3. The van der Waals surface area contributed by atoms with Gasteiger partial charge < -0.3 is 15.4 Å². The van der Waals surface area contributed by atoms with Crippen molar-refractivity contribution in [2.24, 2.45) is 0 Å². The predicted octanol–water partition coefficient (Wildman–Crippen LogP) is 1.98. The Morgan fingerprint density at radius 2 is 2.16 bits per heavy atom. The smallest absolute Gasteiger partial charge is 0.251 e. The van der Waals surface area contributed by atoms with Crippen molar-refractivity contribution >= 4 is 11.7 Å². The van der Waals surface area contributed by atoms with Gasteiger partial charge in [0, 0.05) is 24.9 Å². The van der Waals surface area contributed by atoms with E-state index < -0.39 is 0 Å². The van der Waals surface area contributed by atoms with E-state index in [1.807, 2.05) is 20.8 Å². The molecule has 0 spiro atoms. The number of ether oxygens (including phenoxy) is 1. The van der Waals surface area contributed by atoms with Crippen LogP contribution in [0.15, 0.2) is 12.1 Å². The molecule has 0 fully saturated rings. The maximum absolute atomic E-state index is 12.2. The SMILES string of the molecule is CCNc1cc(C(=O)NC(CC)COC)cc(C)n1. The van der Waals surface area contributed by atoms with E-state index in [0.29, 0.717) is 12.2 Å². The van der Waals surface area contributed by atoms with E-state index in [1.165, 1.54) is 0 Å². The van der Waals surface area contributed by atoms with Crippen LogP contribution < -0.4 is 10.6 Å². The van der Waals surface area contributed by atoms with Crippen molar-refractivity contribution in [1.82, 2.24) is 10.3 Å². The van der Waals surface area contributed by atoms with Gasteiger partial charge in [-0.3, -0.25) is 4.79 Å². The number of rotatable bonds is 7. The molecule has 1 amide bonds. The molecule has 106 valence electrons. The van der Waals surface area contributed by atoms with Crippen LogP contribution in [0.2, 0.25) is 0 Å². The van der Waals surface area contributed by atoms with Gasteiger partial charge in [-0.25, -0.2) is 4.98 Å². The van der Waals surface area contributed by atoms with Crippen molar-refractivity contribution in [3.05, 3.63) is 23.4 Å². The molecule has 0 aromatic carbocycles. The number of carbonyl (C=O) groups is 1. The second-order valence-electron chi connectivity index (χ2n) is 4.45. The van der Waals surface area contributed by atoms with E-state index in [9.17, 15) is 4.79 Å². The quantitative estimate of drug-likeness (QED) is 0.791. The zero-order valence-corrected chi connectivity index (χ0v) is 12.1. The first kappa shape index (κ1) is 15.4. The Bertz CT molecular complexity index is 421. The molecule has 0 saturated carbocycles. The monoisotopic (exact) mass is 265 g/mol. The molecule has 2 N–H and O–H groups in total. The molecule has 0 aliphatic heterocycles. The molecule has 1 atom stereocenters. The van der Waals surface area contributed by atoms with Gasteiger partial charge in [-0.2, -0.15) is 0 Å². The standard InChI is InChI=1S/C14H23N3O2/c1-5-12(9-19-4)17-14(18)11-7-10(3)16-13(8-11)15-6-2/h7-8,12H,5-6,9H2,1-4H3,(H,15,16)(H,17,18). The van der Waals surface area contributed by atoms with E-state index in [-0.39, 0.29) is 11.9 Å². The average molecular weight is 265 g/mol. The Labute approximate surface area is 114 Å². The van der Waals surface area contributed by atoms with Gasteiger partial charge in [0.25, 0.3) is 5.91 Å².